The molecule has 1 saturated heterocycles. The number of hydrogen-bond donors (Lipinski definition) is 1. The maximum Gasteiger partial charge on any atom is 0.255 e. The minimum atomic E-state index is -0.228. The Morgan fingerprint density at radius 3 is 2.56 bits per heavy atom. The summed E-state index contributed by atoms with van der Waals surface area (Å²) in [5, 5.41) is 11.0. The van der Waals surface area contributed by atoms with E-state index < -0.39 is 0 Å². The zero-order chi connectivity index (χ0) is 18.6. The topological polar surface area (TPSA) is 75.9 Å². The van der Waals surface area contributed by atoms with Gasteiger partial charge in [-0.05, 0) is 49.6 Å². The molecule has 0 atom stereocenters. The zero-order valence-corrected chi connectivity index (χ0v) is 15.4. The van der Waals surface area contributed by atoms with Crippen LogP contribution in [0, 0.1) is 0 Å². The molecule has 1 aromatic carbocycles. The molecule has 7 nitrogen and oxygen atoms in total. The van der Waals surface area contributed by atoms with E-state index in [0.717, 1.165) is 18.8 Å². The molecule has 8 heteroatoms. The predicted molar refractivity (Wildman–Crippen MR) is 105 cm³/mol. The molecule has 138 valence electrons. The van der Waals surface area contributed by atoms with Crippen molar-refractivity contribution in [3.05, 3.63) is 59.8 Å². The quantitative estimate of drug-likeness (QED) is 0.746. The van der Waals surface area contributed by atoms with E-state index >= 15 is 0 Å². The second-order valence-corrected chi connectivity index (χ2v) is 6.85. The summed E-state index contributed by atoms with van der Waals surface area (Å²) in [5.41, 5.74) is 2.17. The minimum Gasteiger partial charge on any atom is -0.370 e. The molecule has 0 spiro atoms. The average Bonchev–Trinajstić information content (AvgIpc) is 3.24. The Labute approximate surface area is 162 Å². The number of hydrogen-bond acceptors (Lipinski definition) is 5. The highest BCUT2D eigenvalue weighted by Crippen LogP contribution is 2.31. The van der Waals surface area contributed by atoms with Gasteiger partial charge in [0.2, 0.25) is 0 Å². The van der Waals surface area contributed by atoms with Crippen LogP contribution < -0.4 is 10.2 Å². The number of benzene rings is 1. The molecule has 0 radical (unpaired) electrons. The third kappa shape index (κ3) is 3.93. The van der Waals surface area contributed by atoms with Gasteiger partial charge in [-0.3, -0.25) is 9.36 Å². The first-order chi connectivity index (χ1) is 13.2. The van der Waals surface area contributed by atoms with Crippen LogP contribution in [-0.4, -0.2) is 38.7 Å². The van der Waals surface area contributed by atoms with Crippen LogP contribution in [0.3, 0.4) is 0 Å². The van der Waals surface area contributed by atoms with Crippen molar-refractivity contribution in [2.75, 3.05) is 23.3 Å². The SMILES string of the molecule is O=C(Nc1ccc(N2CCCCC2)c(Cl)c1)c1ccnc(-n2cnnc2)c1. The van der Waals surface area contributed by atoms with Crippen LogP contribution in [-0.2, 0) is 0 Å². The summed E-state index contributed by atoms with van der Waals surface area (Å²) in [6.45, 7) is 2.04. The van der Waals surface area contributed by atoms with E-state index in [-0.39, 0.29) is 5.91 Å². The molecule has 0 bridgehead atoms. The number of carbonyl (C=O) groups is 1. The molecule has 0 saturated carbocycles. The second kappa shape index (κ2) is 7.75. The number of rotatable bonds is 4. The number of carbonyl (C=O) groups excluding carboxylic acids is 1. The third-order valence-electron chi connectivity index (χ3n) is 4.59. The lowest BCUT2D eigenvalue weighted by atomic mass is 10.1. The van der Waals surface area contributed by atoms with Gasteiger partial charge >= 0.3 is 0 Å². The van der Waals surface area contributed by atoms with Gasteiger partial charge in [-0.1, -0.05) is 11.6 Å². The molecule has 2 aromatic heterocycles. The molecule has 0 unspecified atom stereocenters. The van der Waals surface area contributed by atoms with Crippen LogP contribution in [0.25, 0.3) is 5.82 Å². The fourth-order valence-corrected chi connectivity index (χ4v) is 3.50. The Bertz CT molecular complexity index is 937. The predicted octanol–water partition coefficient (Wildman–Crippen LogP) is 3.56. The van der Waals surface area contributed by atoms with E-state index in [4.69, 9.17) is 11.6 Å². The van der Waals surface area contributed by atoms with Crippen LogP contribution in [0.2, 0.25) is 5.02 Å². The molecule has 0 aliphatic carbocycles. The summed E-state index contributed by atoms with van der Waals surface area (Å²) in [4.78, 5) is 19.1. The standard InChI is InChI=1S/C19H19ClN6O/c20-16-11-15(4-5-17(16)25-8-2-1-3-9-25)24-19(27)14-6-7-21-18(10-14)26-12-22-23-13-26/h4-7,10-13H,1-3,8-9H2,(H,24,27). The van der Waals surface area contributed by atoms with Gasteiger partial charge in [0, 0.05) is 30.5 Å². The van der Waals surface area contributed by atoms with Gasteiger partial charge in [-0.25, -0.2) is 4.98 Å². The number of pyridine rings is 1. The molecular formula is C19H19ClN6O. The Balaban J connectivity index is 1.50. The molecule has 4 rings (SSSR count). The number of amides is 1. The molecule has 3 heterocycles. The first-order valence-electron chi connectivity index (χ1n) is 8.87. The van der Waals surface area contributed by atoms with Gasteiger partial charge in [0.1, 0.15) is 18.5 Å². The number of anilines is 2. The van der Waals surface area contributed by atoms with Crippen molar-refractivity contribution in [2.24, 2.45) is 0 Å². The molecule has 1 amide bonds. The number of piperidine rings is 1. The summed E-state index contributed by atoms with van der Waals surface area (Å²) in [5.74, 6) is 0.347. The summed E-state index contributed by atoms with van der Waals surface area (Å²) in [7, 11) is 0. The summed E-state index contributed by atoms with van der Waals surface area (Å²) >= 11 is 6.46. The van der Waals surface area contributed by atoms with E-state index in [0.29, 0.717) is 22.1 Å². The molecule has 1 aliphatic heterocycles. The molecular weight excluding hydrogens is 364 g/mol. The normalized spacial score (nSPS) is 14.2. The van der Waals surface area contributed by atoms with Gasteiger partial charge in [-0.15, -0.1) is 10.2 Å². The van der Waals surface area contributed by atoms with Gasteiger partial charge in [0.05, 0.1) is 10.7 Å². The van der Waals surface area contributed by atoms with Crippen molar-refractivity contribution in [1.82, 2.24) is 19.7 Å². The van der Waals surface area contributed by atoms with Gasteiger partial charge in [0.25, 0.3) is 5.91 Å². The number of nitrogens with one attached hydrogen (secondary N) is 1. The highest BCUT2D eigenvalue weighted by atomic mass is 35.5. The van der Waals surface area contributed by atoms with Crippen molar-refractivity contribution >= 4 is 28.9 Å². The van der Waals surface area contributed by atoms with Crippen LogP contribution in [0.1, 0.15) is 29.6 Å². The molecule has 3 aromatic rings. The van der Waals surface area contributed by atoms with Gasteiger partial charge in [0.15, 0.2) is 0 Å². The largest absolute Gasteiger partial charge is 0.370 e. The molecule has 1 aliphatic rings. The van der Waals surface area contributed by atoms with E-state index in [1.807, 2.05) is 12.1 Å². The monoisotopic (exact) mass is 382 g/mol. The Morgan fingerprint density at radius 2 is 1.81 bits per heavy atom. The number of nitrogens with zero attached hydrogens (tertiary/aromatic N) is 5. The fraction of sp³-hybridized carbons (Fsp3) is 0.263. The minimum absolute atomic E-state index is 0.228. The van der Waals surface area contributed by atoms with Crippen LogP contribution in [0.15, 0.2) is 49.2 Å². The molecule has 1 fully saturated rings. The smallest absolute Gasteiger partial charge is 0.255 e. The van der Waals surface area contributed by atoms with Crippen molar-refractivity contribution < 1.29 is 4.79 Å². The van der Waals surface area contributed by atoms with Crippen LogP contribution in [0.5, 0.6) is 0 Å². The molecule has 27 heavy (non-hydrogen) atoms. The lowest BCUT2D eigenvalue weighted by Gasteiger charge is -2.29. The van der Waals surface area contributed by atoms with E-state index in [9.17, 15) is 4.79 Å². The van der Waals surface area contributed by atoms with Gasteiger partial charge in [-0.2, -0.15) is 0 Å². The Hall–Kier alpha value is -2.93. The zero-order valence-electron chi connectivity index (χ0n) is 14.7. The van der Waals surface area contributed by atoms with Crippen LogP contribution >= 0.6 is 11.6 Å². The Kier molecular flexibility index (Phi) is 5.02. The van der Waals surface area contributed by atoms with Crippen molar-refractivity contribution in [3.63, 3.8) is 0 Å². The summed E-state index contributed by atoms with van der Waals surface area (Å²) in [6.07, 6.45) is 8.28. The lowest BCUT2D eigenvalue weighted by molar-refractivity contribution is 0.102. The van der Waals surface area contributed by atoms with E-state index in [1.165, 1.54) is 31.9 Å². The second-order valence-electron chi connectivity index (χ2n) is 6.44. The van der Waals surface area contributed by atoms with E-state index in [2.05, 4.69) is 25.4 Å². The summed E-state index contributed by atoms with van der Waals surface area (Å²) < 4.78 is 1.64. The average molecular weight is 383 g/mol. The number of halogens is 1. The van der Waals surface area contributed by atoms with Crippen molar-refractivity contribution in [3.8, 4) is 5.82 Å². The third-order valence-corrected chi connectivity index (χ3v) is 4.90. The van der Waals surface area contributed by atoms with E-state index in [1.54, 1.807) is 29.0 Å². The highest BCUT2D eigenvalue weighted by molar-refractivity contribution is 6.33. The maximum absolute atomic E-state index is 12.6. The Morgan fingerprint density at radius 1 is 1.04 bits per heavy atom. The molecule has 1 N–H and O–H groups in total. The fourth-order valence-electron chi connectivity index (χ4n) is 3.20. The van der Waals surface area contributed by atoms with Crippen molar-refractivity contribution in [1.29, 1.82) is 0 Å². The maximum atomic E-state index is 12.6. The highest BCUT2D eigenvalue weighted by Gasteiger charge is 2.15. The number of aromatic nitrogens is 4. The summed E-state index contributed by atoms with van der Waals surface area (Å²) in [6, 6.07) is 8.99. The van der Waals surface area contributed by atoms with Gasteiger partial charge < -0.3 is 10.2 Å². The first kappa shape index (κ1) is 17.5. The van der Waals surface area contributed by atoms with Crippen LogP contribution in [0.4, 0.5) is 11.4 Å². The lowest BCUT2D eigenvalue weighted by Crippen LogP contribution is -2.29. The first-order valence-corrected chi connectivity index (χ1v) is 9.25. The van der Waals surface area contributed by atoms with Crippen molar-refractivity contribution in [2.45, 2.75) is 19.3 Å².